The average molecular weight is 713 g/mol. The first kappa shape index (κ1) is 44.2. The Kier molecular flexibility index (Phi) is 20.1. The van der Waals surface area contributed by atoms with Gasteiger partial charge < -0.3 is 45.3 Å². The summed E-state index contributed by atoms with van der Waals surface area (Å²) in [5.41, 5.74) is 5.50. The second-order valence-electron chi connectivity index (χ2n) is 13.9. The standard InChI is InChI=1S/C35H60N4O11/c1-23(2)26(18-25-12-13-30(47-8)31(19-25)48-16-11-14-46-7)20-28(38-34(43)49-15-9-10-17-50-39(44)45)29(40)21-27(24(3)4)32(41)37-22-35(5,6)33(36)42/h12-13,19,23-24,26-29,40H,9-11,14-18,20-22H2,1-8H3,(H2,36,42)(H,37,41)(H,38,43). The van der Waals surface area contributed by atoms with Crippen LogP contribution in [0, 0.1) is 39.2 Å². The van der Waals surface area contributed by atoms with Crippen molar-refractivity contribution in [1.29, 1.82) is 0 Å². The molecule has 0 radical (unpaired) electrons. The number of primary amides is 1. The predicted octanol–water partition coefficient (Wildman–Crippen LogP) is 4.05. The van der Waals surface area contributed by atoms with Crippen LogP contribution in [0.2, 0.25) is 0 Å². The van der Waals surface area contributed by atoms with Crippen LogP contribution in [0.15, 0.2) is 18.2 Å². The average Bonchev–Trinajstić information content (AvgIpc) is 3.04. The SMILES string of the molecule is COCCCOc1cc(CC(CC(NC(=O)OCCCCO[N+](=O)[O-])C(O)CC(C(=O)NCC(C)(C)C(N)=O)C(C)C)C(C)C)ccc1OC. The topological polar surface area (TPSA) is 211 Å². The van der Waals surface area contributed by atoms with Gasteiger partial charge in [-0.1, -0.05) is 33.8 Å². The maximum absolute atomic E-state index is 13.3. The maximum Gasteiger partial charge on any atom is 0.407 e. The number of methoxy groups -OCH3 is 2. The molecular weight excluding hydrogens is 652 g/mol. The fourth-order valence-corrected chi connectivity index (χ4v) is 5.21. The molecular formula is C35H60N4O11. The van der Waals surface area contributed by atoms with Crippen molar-refractivity contribution in [1.82, 2.24) is 10.6 Å². The largest absolute Gasteiger partial charge is 0.493 e. The summed E-state index contributed by atoms with van der Waals surface area (Å²) in [5.74, 6) is -0.353. The molecule has 1 rings (SSSR count). The molecule has 0 fully saturated rings. The van der Waals surface area contributed by atoms with Gasteiger partial charge in [0.25, 0.3) is 5.09 Å². The van der Waals surface area contributed by atoms with Crippen LogP contribution in [0.1, 0.15) is 79.2 Å². The van der Waals surface area contributed by atoms with Gasteiger partial charge in [0.2, 0.25) is 11.8 Å². The number of nitrogens with zero attached hydrogens (tertiary/aromatic N) is 1. The van der Waals surface area contributed by atoms with Crippen molar-refractivity contribution in [2.45, 2.75) is 92.2 Å². The molecule has 0 saturated heterocycles. The third-order valence-electron chi connectivity index (χ3n) is 8.72. The molecule has 0 saturated carbocycles. The number of unbranched alkanes of at least 4 members (excludes halogenated alkanes) is 1. The van der Waals surface area contributed by atoms with Crippen molar-refractivity contribution < 1.29 is 48.4 Å². The Labute approximate surface area is 296 Å². The van der Waals surface area contributed by atoms with E-state index in [1.54, 1.807) is 28.1 Å². The molecule has 286 valence electrons. The zero-order chi connectivity index (χ0) is 37.9. The summed E-state index contributed by atoms with van der Waals surface area (Å²) in [6.07, 6.45) is 0.485. The number of nitrogens with one attached hydrogen (secondary N) is 2. The second-order valence-corrected chi connectivity index (χ2v) is 13.9. The van der Waals surface area contributed by atoms with E-state index in [0.717, 1.165) is 5.56 Å². The van der Waals surface area contributed by atoms with E-state index in [-0.39, 0.29) is 49.8 Å². The van der Waals surface area contributed by atoms with Crippen molar-refractivity contribution in [2.24, 2.45) is 34.8 Å². The number of hydrogen-bond acceptors (Lipinski definition) is 11. The molecule has 4 unspecified atom stereocenters. The number of carbonyl (C=O) groups excluding carboxylic acids is 3. The molecule has 1 aromatic carbocycles. The summed E-state index contributed by atoms with van der Waals surface area (Å²) >= 11 is 0. The Morgan fingerprint density at radius 2 is 1.64 bits per heavy atom. The minimum Gasteiger partial charge on any atom is -0.493 e. The first-order valence-corrected chi connectivity index (χ1v) is 17.3. The number of rotatable bonds is 26. The number of alkyl carbamates (subject to hydrolysis) is 1. The number of nitrogens with two attached hydrogens (primary N) is 1. The van der Waals surface area contributed by atoms with Crippen molar-refractivity contribution in [3.8, 4) is 11.5 Å². The van der Waals surface area contributed by atoms with Crippen molar-refractivity contribution >= 4 is 17.9 Å². The lowest BCUT2D eigenvalue weighted by Crippen LogP contribution is -2.49. The molecule has 0 aliphatic heterocycles. The highest BCUT2D eigenvalue weighted by Crippen LogP contribution is 2.32. The van der Waals surface area contributed by atoms with Crippen molar-refractivity contribution in [3.05, 3.63) is 33.9 Å². The number of aliphatic hydroxyl groups excluding tert-OH is 1. The molecule has 3 amide bonds. The first-order valence-electron chi connectivity index (χ1n) is 17.3. The maximum atomic E-state index is 13.3. The molecule has 1 aromatic rings. The van der Waals surface area contributed by atoms with Crippen LogP contribution in [-0.4, -0.2) is 87.4 Å². The molecule has 4 atom stereocenters. The van der Waals surface area contributed by atoms with Gasteiger partial charge in [-0.15, -0.1) is 10.1 Å². The fraction of sp³-hybridized carbons (Fsp3) is 0.743. The third kappa shape index (κ3) is 16.7. The number of ether oxygens (including phenoxy) is 4. The van der Waals surface area contributed by atoms with Gasteiger partial charge in [0.1, 0.15) is 0 Å². The Morgan fingerprint density at radius 1 is 0.960 bits per heavy atom. The molecule has 50 heavy (non-hydrogen) atoms. The van der Waals surface area contributed by atoms with Gasteiger partial charge >= 0.3 is 6.09 Å². The Bertz CT molecular complexity index is 1200. The molecule has 5 N–H and O–H groups in total. The van der Waals surface area contributed by atoms with Crippen LogP contribution in [-0.2, 0) is 30.3 Å². The highest BCUT2D eigenvalue weighted by molar-refractivity contribution is 5.83. The summed E-state index contributed by atoms with van der Waals surface area (Å²) < 4.78 is 21.9. The van der Waals surface area contributed by atoms with E-state index in [1.165, 1.54) is 0 Å². The fourth-order valence-electron chi connectivity index (χ4n) is 5.21. The Hall–Kier alpha value is -3.85. The molecule has 0 bridgehead atoms. The van der Waals surface area contributed by atoms with Crippen LogP contribution < -0.4 is 25.8 Å². The summed E-state index contributed by atoms with van der Waals surface area (Å²) in [6.45, 7) is 12.1. The minimum absolute atomic E-state index is 0.00495. The van der Waals surface area contributed by atoms with Gasteiger partial charge in [0, 0.05) is 32.6 Å². The van der Waals surface area contributed by atoms with E-state index in [2.05, 4.69) is 29.3 Å². The van der Waals surface area contributed by atoms with Crippen molar-refractivity contribution in [2.75, 3.05) is 47.2 Å². The van der Waals surface area contributed by atoms with Crippen LogP contribution >= 0.6 is 0 Å². The number of amides is 3. The number of aliphatic hydroxyl groups is 1. The van der Waals surface area contributed by atoms with Gasteiger partial charge in [-0.2, -0.15) is 0 Å². The summed E-state index contributed by atoms with van der Waals surface area (Å²) in [5, 5.41) is 26.7. The van der Waals surface area contributed by atoms with Gasteiger partial charge in [-0.3, -0.25) is 9.59 Å². The molecule has 15 nitrogen and oxygen atoms in total. The molecule has 0 heterocycles. The van der Waals surface area contributed by atoms with Crippen molar-refractivity contribution in [3.63, 3.8) is 0 Å². The number of benzene rings is 1. The van der Waals surface area contributed by atoms with E-state index < -0.39 is 40.6 Å². The lowest BCUT2D eigenvalue weighted by Gasteiger charge is -2.32. The quantitative estimate of drug-likeness (QED) is 0.0611. The molecule has 15 heteroatoms. The molecule has 0 aromatic heterocycles. The van der Waals surface area contributed by atoms with Gasteiger partial charge in [-0.05, 0) is 81.4 Å². The van der Waals surface area contributed by atoms with E-state index in [4.69, 9.17) is 24.7 Å². The number of carbonyl (C=O) groups is 3. The lowest BCUT2D eigenvalue weighted by atomic mass is 9.80. The highest BCUT2D eigenvalue weighted by Gasteiger charge is 2.34. The van der Waals surface area contributed by atoms with Crippen LogP contribution in [0.4, 0.5) is 4.79 Å². The molecule has 0 aliphatic rings. The second kappa shape index (κ2) is 22.8. The first-order chi connectivity index (χ1) is 23.5. The van der Waals surface area contributed by atoms with Crippen LogP contribution in [0.5, 0.6) is 11.5 Å². The zero-order valence-corrected chi connectivity index (χ0v) is 31.0. The summed E-state index contributed by atoms with van der Waals surface area (Å²) in [7, 11) is 3.21. The normalized spacial score (nSPS) is 14.0. The van der Waals surface area contributed by atoms with E-state index in [9.17, 15) is 29.6 Å². The summed E-state index contributed by atoms with van der Waals surface area (Å²) in [4.78, 5) is 52.7. The van der Waals surface area contributed by atoms with Gasteiger partial charge in [0.15, 0.2) is 11.5 Å². The Morgan fingerprint density at radius 3 is 2.22 bits per heavy atom. The van der Waals surface area contributed by atoms with Gasteiger partial charge in [-0.25, -0.2) is 4.79 Å². The molecule has 0 aliphatic carbocycles. The van der Waals surface area contributed by atoms with Crippen LogP contribution in [0.25, 0.3) is 0 Å². The van der Waals surface area contributed by atoms with E-state index in [0.29, 0.717) is 56.8 Å². The minimum atomic E-state index is -1.13. The Balaban J connectivity index is 3.21. The smallest absolute Gasteiger partial charge is 0.407 e. The monoisotopic (exact) mass is 712 g/mol. The van der Waals surface area contributed by atoms with E-state index >= 15 is 0 Å². The third-order valence-corrected chi connectivity index (χ3v) is 8.72. The van der Waals surface area contributed by atoms with E-state index in [1.807, 2.05) is 32.0 Å². The predicted molar refractivity (Wildman–Crippen MR) is 187 cm³/mol. The lowest BCUT2D eigenvalue weighted by molar-refractivity contribution is -0.757. The van der Waals surface area contributed by atoms with Crippen LogP contribution in [0.3, 0.4) is 0 Å². The number of hydrogen-bond donors (Lipinski definition) is 4. The summed E-state index contributed by atoms with van der Waals surface area (Å²) in [6, 6.07) is 4.96. The molecule has 0 spiro atoms. The zero-order valence-electron chi connectivity index (χ0n) is 31.0. The highest BCUT2D eigenvalue weighted by atomic mass is 16.9. The van der Waals surface area contributed by atoms with Gasteiger partial charge in [0.05, 0.1) is 44.5 Å².